The first-order chi connectivity index (χ1) is 8.17. The smallest absolute Gasteiger partial charge is 0.251 e. The number of halogens is 1. The maximum absolute atomic E-state index is 11.1. The number of H-pyrrole nitrogens is 1. The molecule has 0 spiro atoms. The normalized spacial score (nSPS) is 9.88. The fraction of sp³-hybridized carbons (Fsp3) is 0. The van der Waals surface area contributed by atoms with Crippen molar-refractivity contribution >= 4 is 27.7 Å². The molecule has 0 radical (unpaired) electrons. The van der Waals surface area contributed by atoms with Gasteiger partial charge in [0.2, 0.25) is 0 Å². The highest BCUT2D eigenvalue weighted by atomic mass is 79.9. The summed E-state index contributed by atoms with van der Waals surface area (Å²) in [5, 5.41) is 9.34. The van der Waals surface area contributed by atoms with Gasteiger partial charge in [-0.15, -0.1) is 0 Å². The predicted molar refractivity (Wildman–Crippen MR) is 67.8 cm³/mol. The fourth-order valence-corrected chi connectivity index (χ4v) is 2.71. The molecule has 0 atom stereocenters. The van der Waals surface area contributed by atoms with Gasteiger partial charge >= 0.3 is 0 Å². The fourth-order valence-electron chi connectivity index (χ4n) is 1.20. The van der Waals surface area contributed by atoms with Gasteiger partial charge in [0.15, 0.2) is 5.16 Å². The Hall–Kier alpha value is -1.58. The zero-order chi connectivity index (χ0) is 12.3. The minimum atomic E-state index is -0.196. The van der Waals surface area contributed by atoms with E-state index in [2.05, 4.69) is 32.0 Å². The lowest BCUT2D eigenvalue weighted by atomic mass is 10.2. The molecule has 1 N–H and O–H groups in total. The predicted octanol–water partition coefficient (Wildman–Crippen LogP) is 2.56. The molecule has 0 aliphatic heterocycles. The third-order valence-electron chi connectivity index (χ3n) is 1.86. The van der Waals surface area contributed by atoms with E-state index in [9.17, 15) is 4.79 Å². The summed E-state index contributed by atoms with van der Waals surface area (Å²) in [7, 11) is 0. The van der Waals surface area contributed by atoms with Crippen LogP contribution in [-0.2, 0) is 0 Å². The van der Waals surface area contributed by atoms with Gasteiger partial charge in [-0.2, -0.15) is 5.26 Å². The third-order valence-corrected chi connectivity index (χ3v) is 3.19. The molecule has 0 amide bonds. The summed E-state index contributed by atoms with van der Waals surface area (Å²) >= 11 is 4.62. The molecule has 0 saturated heterocycles. The van der Waals surface area contributed by atoms with Crippen molar-refractivity contribution in [1.29, 1.82) is 5.26 Å². The number of aromatic nitrogens is 2. The van der Waals surface area contributed by atoms with Crippen molar-refractivity contribution in [3.63, 3.8) is 0 Å². The van der Waals surface area contributed by atoms with E-state index in [4.69, 9.17) is 5.26 Å². The Morgan fingerprint density at radius 3 is 2.94 bits per heavy atom. The SMILES string of the molecule is N#Cc1cc(Br)cc(Sc2nccc(=O)[nH]2)c1. The summed E-state index contributed by atoms with van der Waals surface area (Å²) in [5.41, 5.74) is 0.359. The van der Waals surface area contributed by atoms with Crippen LogP contribution in [0.15, 0.2) is 49.8 Å². The number of rotatable bonds is 2. The van der Waals surface area contributed by atoms with Gasteiger partial charge in [-0.1, -0.05) is 27.7 Å². The minimum Gasteiger partial charge on any atom is -0.301 e. The number of hydrogen-bond acceptors (Lipinski definition) is 4. The molecule has 1 aromatic carbocycles. The molecular weight excluding hydrogens is 302 g/mol. The molecule has 6 heteroatoms. The summed E-state index contributed by atoms with van der Waals surface area (Å²) in [5.74, 6) is 0. The van der Waals surface area contributed by atoms with Crippen molar-refractivity contribution in [1.82, 2.24) is 9.97 Å². The van der Waals surface area contributed by atoms with Gasteiger partial charge in [-0.3, -0.25) is 4.79 Å². The molecule has 1 heterocycles. The lowest BCUT2D eigenvalue weighted by Gasteiger charge is -2.01. The zero-order valence-electron chi connectivity index (χ0n) is 8.48. The Bertz CT molecular complexity index is 648. The molecule has 0 unspecified atom stereocenters. The van der Waals surface area contributed by atoms with Crippen molar-refractivity contribution < 1.29 is 0 Å². The molecule has 84 valence electrons. The summed E-state index contributed by atoms with van der Waals surface area (Å²) < 4.78 is 0.817. The Morgan fingerprint density at radius 1 is 1.41 bits per heavy atom. The van der Waals surface area contributed by atoms with Crippen molar-refractivity contribution in [2.45, 2.75) is 10.1 Å². The summed E-state index contributed by atoms with van der Waals surface area (Å²) in [6.45, 7) is 0. The molecule has 0 aliphatic rings. The van der Waals surface area contributed by atoms with E-state index < -0.39 is 0 Å². The van der Waals surface area contributed by atoms with Crippen LogP contribution in [0.2, 0.25) is 0 Å². The van der Waals surface area contributed by atoms with Gasteiger partial charge in [0.05, 0.1) is 11.6 Å². The van der Waals surface area contributed by atoms with Gasteiger partial charge < -0.3 is 4.98 Å². The van der Waals surface area contributed by atoms with Crippen molar-refractivity contribution in [2.24, 2.45) is 0 Å². The van der Waals surface area contributed by atoms with Crippen LogP contribution in [-0.4, -0.2) is 9.97 Å². The lowest BCUT2D eigenvalue weighted by molar-refractivity contribution is 0.936. The molecule has 17 heavy (non-hydrogen) atoms. The molecule has 1 aromatic heterocycles. The van der Waals surface area contributed by atoms with E-state index in [0.717, 1.165) is 9.37 Å². The first kappa shape index (κ1) is 11.9. The van der Waals surface area contributed by atoms with Gasteiger partial charge in [-0.25, -0.2) is 4.98 Å². The van der Waals surface area contributed by atoms with E-state index in [1.54, 1.807) is 12.1 Å². The van der Waals surface area contributed by atoms with Gasteiger partial charge in [0.1, 0.15) is 0 Å². The number of aromatic amines is 1. The van der Waals surface area contributed by atoms with Crippen LogP contribution in [0.5, 0.6) is 0 Å². The van der Waals surface area contributed by atoms with Crippen molar-refractivity contribution in [3.8, 4) is 6.07 Å². The molecular formula is C11H6BrN3OS. The topological polar surface area (TPSA) is 69.5 Å². The second kappa shape index (κ2) is 5.17. The molecule has 2 rings (SSSR count). The number of hydrogen-bond donors (Lipinski definition) is 1. The van der Waals surface area contributed by atoms with Crippen molar-refractivity contribution in [2.75, 3.05) is 0 Å². The maximum Gasteiger partial charge on any atom is 0.251 e. The standard InChI is InChI=1S/C11H6BrN3OS/c12-8-3-7(6-13)4-9(5-8)17-11-14-2-1-10(16)15-11/h1-5H,(H,14,15,16). The molecule has 4 nitrogen and oxygen atoms in total. The van der Waals surface area contributed by atoms with E-state index in [1.807, 2.05) is 6.07 Å². The Morgan fingerprint density at radius 2 is 2.24 bits per heavy atom. The summed E-state index contributed by atoms with van der Waals surface area (Å²) in [4.78, 5) is 18.6. The molecule has 2 aromatic rings. The van der Waals surface area contributed by atoms with Crippen LogP contribution in [0.3, 0.4) is 0 Å². The minimum absolute atomic E-state index is 0.196. The average molecular weight is 308 g/mol. The summed E-state index contributed by atoms with van der Waals surface area (Å²) in [6.07, 6.45) is 1.45. The molecule has 0 saturated carbocycles. The number of nitrogens with one attached hydrogen (secondary N) is 1. The second-order valence-electron chi connectivity index (χ2n) is 3.13. The first-order valence-electron chi connectivity index (χ1n) is 4.61. The van der Waals surface area contributed by atoms with Gasteiger partial charge in [-0.05, 0) is 18.2 Å². The molecule has 0 fully saturated rings. The van der Waals surface area contributed by atoms with Gasteiger partial charge in [0.25, 0.3) is 5.56 Å². The number of nitriles is 1. The van der Waals surface area contributed by atoms with E-state index in [-0.39, 0.29) is 5.56 Å². The van der Waals surface area contributed by atoms with E-state index >= 15 is 0 Å². The van der Waals surface area contributed by atoms with Crippen LogP contribution < -0.4 is 5.56 Å². The monoisotopic (exact) mass is 307 g/mol. The van der Waals surface area contributed by atoms with E-state index in [0.29, 0.717) is 10.7 Å². The lowest BCUT2D eigenvalue weighted by Crippen LogP contribution is -2.04. The number of nitrogens with zero attached hydrogens (tertiary/aromatic N) is 2. The van der Waals surface area contributed by atoms with Crippen LogP contribution in [0.25, 0.3) is 0 Å². The quantitative estimate of drug-likeness (QED) is 0.866. The van der Waals surface area contributed by atoms with Crippen LogP contribution >= 0.6 is 27.7 Å². The Labute approximate surface area is 110 Å². The van der Waals surface area contributed by atoms with E-state index in [1.165, 1.54) is 24.0 Å². The highest BCUT2D eigenvalue weighted by Crippen LogP contribution is 2.27. The van der Waals surface area contributed by atoms with Crippen molar-refractivity contribution in [3.05, 3.63) is 50.9 Å². The molecule has 0 aliphatic carbocycles. The maximum atomic E-state index is 11.1. The Kier molecular flexibility index (Phi) is 3.61. The first-order valence-corrected chi connectivity index (χ1v) is 6.22. The third kappa shape index (κ3) is 3.19. The second-order valence-corrected chi connectivity index (χ2v) is 5.11. The zero-order valence-corrected chi connectivity index (χ0v) is 10.9. The number of benzene rings is 1. The summed E-state index contributed by atoms with van der Waals surface area (Å²) in [6, 6.07) is 8.75. The largest absolute Gasteiger partial charge is 0.301 e. The molecule has 0 bridgehead atoms. The van der Waals surface area contributed by atoms with Crippen LogP contribution in [0.1, 0.15) is 5.56 Å². The van der Waals surface area contributed by atoms with Crippen LogP contribution in [0, 0.1) is 11.3 Å². The average Bonchev–Trinajstić information content (AvgIpc) is 2.28. The highest BCUT2D eigenvalue weighted by molar-refractivity contribution is 9.10. The van der Waals surface area contributed by atoms with Crippen LogP contribution in [0.4, 0.5) is 0 Å². The highest BCUT2D eigenvalue weighted by Gasteiger charge is 2.03. The van der Waals surface area contributed by atoms with Gasteiger partial charge in [0, 0.05) is 21.6 Å². The Balaban J connectivity index is 2.33.